The molecule has 3 N–H and O–H groups in total. The number of nitrogens with one attached hydrogen (secondary N) is 2. The molecule has 132 valence electrons. The van der Waals surface area contributed by atoms with Crippen molar-refractivity contribution in [1.82, 2.24) is 5.32 Å². The van der Waals surface area contributed by atoms with Gasteiger partial charge < -0.3 is 15.2 Å². The minimum Gasteiger partial charge on any atom is -0.506 e. The number of carbonyl (C=O) groups excluding carboxylic acids is 2. The number of nitriles is 1. The molecule has 2 amide bonds. The number of benzene rings is 1. The van der Waals surface area contributed by atoms with Gasteiger partial charge in [0.15, 0.2) is 5.11 Å². The maximum absolute atomic E-state index is 12.1. The fourth-order valence-corrected chi connectivity index (χ4v) is 2.72. The molecule has 0 unspecified atom stereocenters. The molecular formula is C16H18N4O4S. The Bertz CT molecular complexity index is 744. The highest BCUT2D eigenvalue weighted by molar-refractivity contribution is 7.80. The van der Waals surface area contributed by atoms with Crippen molar-refractivity contribution in [3.8, 4) is 11.8 Å². The molecule has 0 aliphatic carbocycles. The number of thiocarbonyl (C=S) groups is 1. The Kier molecular flexibility index (Phi) is 6.14. The Balaban J connectivity index is 2.24. The van der Waals surface area contributed by atoms with Crippen LogP contribution in [-0.4, -0.2) is 35.4 Å². The predicted octanol–water partition coefficient (Wildman–Crippen LogP) is 2.03. The monoisotopic (exact) mass is 362 g/mol. The summed E-state index contributed by atoms with van der Waals surface area (Å²) in [5.41, 5.74) is 1.61. The van der Waals surface area contributed by atoms with E-state index in [2.05, 4.69) is 10.6 Å². The van der Waals surface area contributed by atoms with Gasteiger partial charge >= 0.3 is 6.09 Å². The van der Waals surface area contributed by atoms with Crippen LogP contribution in [-0.2, 0) is 16.0 Å². The second kappa shape index (κ2) is 8.30. The maximum Gasteiger partial charge on any atom is 0.413 e. The van der Waals surface area contributed by atoms with Gasteiger partial charge in [-0.05, 0) is 43.6 Å². The third-order valence-corrected chi connectivity index (χ3v) is 3.80. The number of phenols is 1. The number of hydrogen-bond acceptors (Lipinski definition) is 6. The van der Waals surface area contributed by atoms with E-state index in [0.29, 0.717) is 30.6 Å². The number of anilines is 2. The zero-order valence-corrected chi connectivity index (χ0v) is 14.5. The molecule has 1 heterocycles. The molecule has 1 aromatic carbocycles. The van der Waals surface area contributed by atoms with Crippen molar-refractivity contribution in [2.45, 2.75) is 26.2 Å². The summed E-state index contributed by atoms with van der Waals surface area (Å²) in [4.78, 5) is 24.8. The van der Waals surface area contributed by atoms with Crippen LogP contribution in [0.4, 0.5) is 16.2 Å². The number of amides is 2. The van der Waals surface area contributed by atoms with Crippen molar-refractivity contribution >= 4 is 40.7 Å². The third kappa shape index (κ3) is 4.58. The minimum absolute atomic E-state index is 0.0210. The van der Waals surface area contributed by atoms with Crippen LogP contribution >= 0.6 is 12.2 Å². The Morgan fingerprint density at radius 2 is 2.24 bits per heavy atom. The van der Waals surface area contributed by atoms with Gasteiger partial charge in [0, 0.05) is 12.5 Å². The quantitative estimate of drug-likeness (QED) is 0.428. The lowest BCUT2D eigenvalue weighted by molar-refractivity contribution is -0.118. The number of alkyl carbamates (subject to hydrolysis) is 1. The van der Waals surface area contributed by atoms with E-state index < -0.39 is 6.09 Å². The summed E-state index contributed by atoms with van der Waals surface area (Å²) in [7, 11) is 0. The van der Waals surface area contributed by atoms with Crippen LogP contribution in [0.3, 0.4) is 0 Å². The van der Waals surface area contributed by atoms with E-state index >= 15 is 0 Å². The van der Waals surface area contributed by atoms with Crippen molar-refractivity contribution < 1.29 is 19.4 Å². The Morgan fingerprint density at radius 3 is 2.92 bits per heavy atom. The number of aryl methyl sites for hydroxylation is 1. The first-order valence-corrected chi connectivity index (χ1v) is 8.15. The number of fused-ring (bicyclic) bond motifs is 1. The van der Waals surface area contributed by atoms with Crippen molar-refractivity contribution in [2.24, 2.45) is 0 Å². The number of phenolic OH excluding ortho intramolecular Hbond substituents is 1. The molecule has 2 rings (SSSR count). The summed E-state index contributed by atoms with van der Waals surface area (Å²) >= 11 is 5.01. The van der Waals surface area contributed by atoms with E-state index in [-0.39, 0.29) is 29.9 Å². The molecule has 0 fully saturated rings. The largest absolute Gasteiger partial charge is 0.506 e. The molecule has 0 radical (unpaired) electrons. The molecule has 1 aliphatic heterocycles. The number of carbonyl (C=O) groups is 2. The molecule has 0 saturated heterocycles. The normalized spacial score (nSPS) is 13.3. The second-order valence-corrected chi connectivity index (χ2v) is 5.70. The smallest absolute Gasteiger partial charge is 0.413 e. The van der Waals surface area contributed by atoms with E-state index in [4.69, 9.17) is 22.2 Å². The van der Waals surface area contributed by atoms with Gasteiger partial charge in [-0.25, -0.2) is 4.79 Å². The lowest BCUT2D eigenvalue weighted by Gasteiger charge is -2.21. The lowest BCUT2D eigenvalue weighted by Crippen LogP contribution is -2.34. The van der Waals surface area contributed by atoms with Gasteiger partial charge in [0.05, 0.1) is 24.1 Å². The second-order valence-electron chi connectivity index (χ2n) is 5.29. The van der Waals surface area contributed by atoms with Crippen LogP contribution in [0.2, 0.25) is 0 Å². The number of hydrogen-bond donors (Lipinski definition) is 3. The number of aromatic hydroxyl groups is 1. The standard InChI is InChI=1S/C16H18N4O4S/c1-2-24-16(23)19-15(25)18-11-8-10-4-3-5-14(22)20(7-6-17)12(10)9-13(11)21/h8-9,21H,2-5,7H2,1H3,(H2,18,19,23,25). The molecule has 8 nitrogen and oxygen atoms in total. The SMILES string of the molecule is CCOC(=O)NC(=S)Nc1cc2c(cc1O)N(CC#N)C(=O)CCC2. The highest BCUT2D eigenvalue weighted by Crippen LogP contribution is 2.35. The minimum atomic E-state index is -0.694. The fourth-order valence-electron chi connectivity index (χ4n) is 2.53. The first-order valence-electron chi connectivity index (χ1n) is 7.74. The first kappa shape index (κ1) is 18.5. The lowest BCUT2D eigenvalue weighted by atomic mass is 10.1. The van der Waals surface area contributed by atoms with Gasteiger partial charge in [0.2, 0.25) is 5.91 Å². The fraction of sp³-hybridized carbons (Fsp3) is 0.375. The van der Waals surface area contributed by atoms with Crippen molar-refractivity contribution in [1.29, 1.82) is 5.26 Å². The van der Waals surface area contributed by atoms with Gasteiger partial charge in [-0.3, -0.25) is 15.0 Å². The van der Waals surface area contributed by atoms with Gasteiger partial charge in [0.25, 0.3) is 0 Å². The molecule has 0 bridgehead atoms. The van der Waals surface area contributed by atoms with Gasteiger partial charge in [-0.1, -0.05) is 0 Å². The molecule has 1 aromatic rings. The van der Waals surface area contributed by atoms with Crippen LogP contribution in [0.1, 0.15) is 25.3 Å². The maximum atomic E-state index is 12.1. The van der Waals surface area contributed by atoms with Crippen molar-refractivity contribution in [3.05, 3.63) is 17.7 Å². The van der Waals surface area contributed by atoms with Gasteiger partial charge in [-0.2, -0.15) is 5.26 Å². The zero-order chi connectivity index (χ0) is 18.4. The summed E-state index contributed by atoms with van der Waals surface area (Å²) in [6.07, 6.45) is 0.905. The first-order chi connectivity index (χ1) is 12.0. The van der Waals surface area contributed by atoms with Gasteiger partial charge in [-0.15, -0.1) is 0 Å². The summed E-state index contributed by atoms with van der Waals surface area (Å²) in [6.45, 7) is 1.80. The zero-order valence-electron chi connectivity index (χ0n) is 13.7. The highest BCUT2D eigenvalue weighted by Gasteiger charge is 2.24. The van der Waals surface area contributed by atoms with E-state index in [1.165, 1.54) is 11.0 Å². The molecule has 0 saturated carbocycles. The summed E-state index contributed by atoms with van der Waals surface area (Å²) in [6, 6.07) is 5.04. The van der Waals surface area contributed by atoms with Crippen molar-refractivity contribution in [2.75, 3.05) is 23.4 Å². The molecular weight excluding hydrogens is 344 g/mol. The van der Waals surface area contributed by atoms with E-state index in [0.717, 1.165) is 5.56 Å². The molecule has 0 aromatic heterocycles. The summed E-state index contributed by atoms with van der Waals surface area (Å²) in [5, 5.41) is 24.2. The summed E-state index contributed by atoms with van der Waals surface area (Å²) in [5.74, 6) is -0.302. The van der Waals surface area contributed by atoms with Gasteiger partial charge in [0.1, 0.15) is 12.3 Å². The topological polar surface area (TPSA) is 115 Å². The molecule has 1 aliphatic rings. The number of ether oxygens (including phenoxy) is 1. The highest BCUT2D eigenvalue weighted by atomic mass is 32.1. The molecule has 25 heavy (non-hydrogen) atoms. The Labute approximate surface area is 150 Å². The van der Waals surface area contributed by atoms with Crippen LogP contribution in [0.5, 0.6) is 5.75 Å². The average Bonchev–Trinajstić information content (AvgIpc) is 2.68. The van der Waals surface area contributed by atoms with Crippen LogP contribution in [0, 0.1) is 11.3 Å². The Hall–Kier alpha value is -2.86. The number of rotatable bonds is 3. The predicted molar refractivity (Wildman–Crippen MR) is 95.4 cm³/mol. The summed E-state index contributed by atoms with van der Waals surface area (Å²) < 4.78 is 4.73. The van der Waals surface area contributed by atoms with E-state index in [1.54, 1.807) is 13.0 Å². The van der Waals surface area contributed by atoms with Crippen molar-refractivity contribution in [3.63, 3.8) is 0 Å². The third-order valence-electron chi connectivity index (χ3n) is 3.59. The average molecular weight is 362 g/mol. The van der Waals surface area contributed by atoms with E-state index in [1.807, 2.05) is 6.07 Å². The molecule has 0 spiro atoms. The molecule has 9 heteroatoms. The number of nitrogens with zero attached hydrogens (tertiary/aromatic N) is 2. The van der Waals surface area contributed by atoms with E-state index in [9.17, 15) is 14.7 Å². The Morgan fingerprint density at radius 1 is 1.48 bits per heavy atom. The van der Waals surface area contributed by atoms with Crippen LogP contribution in [0.25, 0.3) is 0 Å². The molecule has 0 atom stereocenters. The van der Waals surface area contributed by atoms with Crippen LogP contribution < -0.4 is 15.5 Å². The van der Waals surface area contributed by atoms with Crippen LogP contribution in [0.15, 0.2) is 12.1 Å².